The van der Waals surface area contributed by atoms with Gasteiger partial charge in [0, 0.05) is 22.7 Å². The fourth-order valence-electron chi connectivity index (χ4n) is 3.52. The van der Waals surface area contributed by atoms with Crippen molar-refractivity contribution >= 4 is 38.9 Å². The number of ether oxygens (including phenoxy) is 1. The van der Waals surface area contributed by atoms with Gasteiger partial charge in [-0.05, 0) is 53.3 Å². The van der Waals surface area contributed by atoms with Crippen LogP contribution >= 0.6 is 11.3 Å². The van der Waals surface area contributed by atoms with Crippen molar-refractivity contribution in [2.45, 2.75) is 0 Å². The number of thiazole rings is 1. The Kier molecular flexibility index (Phi) is 4.65. The number of methoxy groups -OCH3 is 1. The number of benzene rings is 3. The molecule has 0 bridgehead atoms. The molecule has 146 valence electrons. The first-order valence-electron chi connectivity index (χ1n) is 9.54. The number of ketones is 1. The minimum absolute atomic E-state index is 0.0355. The molecule has 5 heteroatoms. The van der Waals surface area contributed by atoms with Crippen molar-refractivity contribution in [3.8, 4) is 17.0 Å². The van der Waals surface area contributed by atoms with Gasteiger partial charge >= 0.3 is 0 Å². The molecule has 0 amide bonds. The van der Waals surface area contributed by atoms with E-state index in [4.69, 9.17) is 9.72 Å². The predicted molar refractivity (Wildman–Crippen MR) is 122 cm³/mol. The van der Waals surface area contributed by atoms with Crippen LogP contribution < -0.4 is 4.74 Å². The van der Waals surface area contributed by atoms with Gasteiger partial charge in [-0.15, -0.1) is 11.3 Å². The molecular formula is C25H18N2O2S. The van der Waals surface area contributed by atoms with Gasteiger partial charge in [-0.1, -0.05) is 36.4 Å². The Morgan fingerprint density at radius 3 is 2.63 bits per heavy atom. The van der Waals surface area contributed by atoms with Gasteiger partial charge < -0.3 is 4.74 Å². The first kappa shape index (κ1) is 18.3. The number of aromatic nitrogens is 2. The van der Waals surface area contributed by atoms with Crippen LogP contribution in [-0.4, -0.2) is 22.3 Å². The minimum Gasteiger partial charge on any atom is -0.497 e. The van der Waals surface area contributed by atoms with Crippen molar-refractivity contribution < 1.29 is 9.53 Å². The summed E-state index contributed by atoms with van der Waals surface area (Å²) in [6.07, 6.45) is 5.45. The molecule has 5 aromatic rings. The topological polar surface area (TPSA) is 43.6 Å². The van der Waals surface area contributed by atoms with Crippen molar-refractivity contribution in [2.24, 2.45) is 0 Å². The standard InChI is InChI=1S/C25H18N2O2S/c1-29-21-10-8-18(9-11-21)24-22(27-14-15-30-25(27)26-24)12-13-23(28)20-7-6-17-4-2-3-5-19(17)16-20/h2-16H,1H3/b13-12+. The summed E-state index contributed by atoms with van der Waals surface area (Å²) in [6.45, 7) is 0. The number of nitrogens with zero attached hydrogens (tertiary/aromatic N) is 2. The Labute approximate surface area is 177 Å². The van der Waals surface area contributed by atoms with Gasteiger partial charge in [-0.2, -0.15) is 0 Å². The third kappa shape index (κ3) is 3.29. The molecule has 0 saturated heterocycles. The van der Waals surface area contributed by atoms with Crippen LogP contribution in [0, 0.1) is 0 Å². The first-order valence-corrected chi connectivity index (χ1v) is 10.4. The number of hydrogen-bond donors (Lipinski definition) is 0. The van der Waals surface area contributed by atoms with E-state index in [-0.39, 0.29) is 5.78 Å². The van der Waals surface area contributed by atoms with Crippen molar-refractivity contribution in [2.75, 3.05) is 7.11 Å². The number of carbonyl (C=O) groups excluding carboxylic acids is 1. The number of allylic oxidation sites excluding steroid dienone is 1. The van der Waals surface area contributed by atoms with Gasteiger partial charge in [0.05, 0.1) is 18.5 Å². The lowest BCUT2D eigenvalue weighted by Gasteiger charge is -2.03. The molecule has 3 aromatic carbocycles. The molecular weight excluding hydrogens is 392 g/mol. The van der Waals surface area contributed by atoms with Gasteiger partial charge in [0.25, 0.3) is 0 Å². The zero-order valence-electron chi connectivity index (χ0n) is 16.3. The predicted octanol–water partition coefficient (Wildman–Crippen LogP) is 6.12. The normalized spacial score (nSPS) is 11.5. The van der Waals surface area contributed by atoms with Crippen LogP contribution in [0.3, 0.4) is 0 Å². The Morgan fingerprint density at radius 1 is 1.03 bits per heavy atom. The molecule has 0 unspecified atom stereocenters. The zero-order valence-corrected chi connectivity index (χ0v) is 17.1. The second-order valence-corrected chi connectivity index (χ2v) is 7.76. The van der Waals surface area contributed by atoms with Crippen LogP contribution in [0.5, 0.6) is 5.75 Å². The molecule has 2 aromatic heterocycles. The molecule has 0 aliphatic rings. The quantitative estimate of drug-likeness (QED) is 0.259. The summed E-state index contributed by atoms with van der Waals surface area (Å²) in [5.74, 6) is 0.759. The molecule has 0 atom stereocenters. The molecule has 0 radical (unpaired) electrons. The van der Waals surface area contributed by atoms with Crippen LogP contribution in [0.15, 0.2) is 84.4 Å². The third-order valence-electron chi connectivity index (χ3n) is 5.09. The Morgan fingerprint density at radius 2 is 1.83 bits per heavy atom. The molecule has 0 spiro atoms. The van der Waals surface area contributed by atoms with Crippen LogP contribution in [0.1, 0.15) is 16.1 Å². The summed E-state index contributed by atoms with van der Waals surface area (Å²) in [5.41, 5.74) is 3.36. The van der Waals surface area contributed by atoms with Crippen molar-refractivity contribution in [1.82, 2.24) is 9.38 Å². The van der Waals surface area contributed by atoms with Gasteiger partial charge in [0.2, 0.25) is 0 Å². The van der Waals surface area contributed by atoms with E-state index in [1.54, 1.807) is 24.5 Å². The summed E-state index contributed by atoms with van der Waals surface area (Å²) >= 11 is 1.57. The molecule has 0 aliphatic heterocycles. The Bertz CT molecular complexity index is 1390. The highest BCUT2D eigenvalue weighted by Crippen LogP contribution is 2.29. The molecule has 30 heavy (non-hydrogen) atoms. The highest BCUT2D eigenvalue weighted by molar-refractivity contribution is 7.15. The van der Waals surface area contributed by atoms with E-state index in [2.05, 4.69) is 0 Å². The SMILES string of the molecule is COc1ccc(-c2nc3sccn3c2/C=C/C(=O)c2ccc3ccccc3c2)cc1. The number of hydrogen-bond acceptors (Lipinski definition) is 4. The second-order valence-electron chi connectivity index (χ2n) is 6.89. The van der Waals surface area contributed by atoms with E-state index in [0.29, 0.717) is 5.56 Å². The lowest BCUT2D eigenvalue weighted by Crippen LogP contribution is -1.95. The van der Waals surface area contributed by atoms with Gasteiger partial charge in [-0.25, -0.2) is 4.98 Å². The monoisotopic (exact) mass is 410 g/mol. The lowest BCUT2D eigenvalue weighted by molar-refractivity contribution is 0.104. The fourth-order valence-corrected chi connectivity index (χ4v) is 4.24. The summed E-state index contributed by atoms with van der Waals surface area (Å²) in [5, 5.41) is 4.17. The van der Waals surface area contributed by atoms with Gasteiger partial charge in [0.15, 0.2) is 10.7 Å². The number of carbonyl (C=O) groups is 1. The average molecular weight is 410 g/mol. The molecule has 0 saturated carbocycles. The maximum absolute atomic E-state index is 12.9. The molecule has 0 fully saturated rings. The summed E-state index contributed by atoms with van der Waals surface area (Å²) < 4.78 is 7.26. The molecule has 0 N–H and O–H groups in total. The second kappa shape index (κ2) is 7.61. The van der Waals surface area contributed by atoms with E-state index in [1.165, 1.54) is 0 Å². The van der Waals surface area contributed by atoms with E-state index in [9.17, 15) is 4.79 Å². The Hall–Kier alpha value is -3.70. The molecule has 5 rings (SSSR count). The summed E-state index contributed by atoms with van der Waals surface area (Å²) in [4.78, 5) is 18.5. The summed E-state index contributed by atoms with van der Waals surface area (Å²) in [7, 11) is 1.65. The van der Waals surface area contributed by atoms with Crippen LogP contribution in [0.2, 0.25) is 0 Å². The highest BCUT2D eigenvalue weighted by atomic mass is 32.1. The highest BCUT2D eigenvalue weighted by Gasteiger charge is 2.14. The van der Waals surface area contributed by atoms with Gasteiger partial charge in [0.1, 0.15) is 5.75 Å². The smallest absolute Gasteiger partial charge is 0.194 e. The van der Waals surface area contributed by atoms with E-state index >= 15 is 0 Å². The third-order valence-corrected chi connectivity index (χ3v) is 5.85. The molecule has 2 heterocycles. The van der Waals surface area contributed by atoms with E-state index in [1.807, 2.05) is 88.8 Å². The largest absolute Gasteiger partial charge is 0.497 e. The van der Waals surface area contributed by atoms with E-state index in [0.717, 1.165) is 38.4 Å². The minimum atomic E-state index is -0.0355. The number of rotatable bonds is 5. The van der Waals surface area contributed by atoms with Crippen LogP contribution in [-0.2, 0) is 0 Å². The maximum Gasteiger partial charge on any atom is 0.194 e. The summed E-state index contributed by atoms with van der Waals surface area (Å²) in [6, 6.07) is 21.6. The van der Waals surface area contributed by atoms with Crippen LogP contribution in [0.4, 0.5) is 0 Å². The first-order chi connectivity index (χ1) is 14.7. The van der Waals surface area contributed by atoms with E-state index < -0.39 is 0 Å². The zero-order chi connectivity index (χ0) is 20.5. The Balaban J connectivity index is 1.52. The van der Waals surface area contributed by atoms with Crippen molar-refractivity contribution in [1.29, 1.82) is 0 Å². The maximum atomic E-state index is 12.9. The lowest BCUT2D eigenvalue weighted by atomic mass is 10.0. The van der Waals surface area contributed by atoms with Gasteiger partial charge in [-0.3, -0.25) is 9.20 Å². The molecule has 4 nitrogen and oxygen atoms in total. The van der Waals surface area contributed by atoms with Crippen molar-refractivity contribution in [3.05, 3.63) is 95.6 Å². The van der Waals surface area contributed by atoms with Crippen molar-refractivity contribution in [3.63, 3.8) is 0 Å². The van der Waals surface area contributed by atoms with Crippen LogP contribution in [0.25, 0.3) is 33.1 Å². The fraction of sp³-hybridized carbons (Fsp3) is 0.0400. The number of imidazole rings is 1. The molecule has 0 aliphatic carbocycles. The average Bonchev–Trinajstić information content (AvgIpc) is 3.39. The number of fused-ring (bicyclic) bond motifs is 2.